The highest BCUT2D eigenvalue weighted by molar-refractivity contribution is 6.08. The van der Waals surface area contributed by atoms with Gasteiger partial charge in [0.25, 0.3) is 0 Å². The highest BCUT2D eigenvalue weighted by atomic mass is 16.6. The zero-order valence-electron chi connectivity index (χ0n) is 15.6. The van der Waals surface area contributed by atoms with Gasteiger partial charge in [0.15, 0.2) is 5.78 Å². The highest BCUT2D eigenvalue weighted by Crippen LogP contribution is 2.18. The summed E-state index contributed by atoms with van der Waals surface area (Å²) >= 11 is 0. The first-order valence-corrected chi connectivity index (χ1v) is 9.48. The molecule has 0 atom stereocenters. The third-order valence-corrected chi connectivity index (χ3v) is 5.09. The van der Waals surface area contributed by atoms with Crippen LogP contribution in [0, 0.1) is 0 Å². The molecular formula is C22H23N3O3. The van der Waals surface area contributed by atoms with Crippen molar-refractivity contribution in [1.82, 2.24) is 14.8 Å². The molecule has 1 aromatic heterocycles. The van der Waals surface area contributed by atoms with E-state index >= 15 is 0 Å². The van der Waals surface area contributed by atoms with E-state index in [-0.39, 0.29) is 18.5 Å². The first kappa shape index (κ1) is 18.3. The van der Waals surface area contributed by atoms with Crippen molar-refractivity contribution in [3.8, 4) is 0 Å². The minimum atomic E-state index is -0.300. The number of Topliss-reactive ketones (excluding diaryl/α,β-unsaturated/α-hetero) is 1. The van der Waals surface area contributed by atoms with Gasteiger partial charge in [-0.1, -0.05) is 48.5 Å². The number of nitrogens with one attached hydrogen (secondary N) is 1. The van der Waals surface area contributed by atoms with Crippen LogP contribution in [0.2, 0.25) is 0 Å². The first-order valence-electron chi connectivity index (χ1n) is 9.48. The van der Waals surface area contributed by atoms with Crippen molar-refractivity contribution < 1.29 is 14.3 Å². The average molecular weight is 377 g/mol. The van der Waals surface area contributed by atoms with Crippen LogP contribution in [-0.2, 0) is 11.3 Å². The zero-order chi connectivity index (χ0) is 19.3. The lowest BCUT2D eigenvalue weighted by molar-refractivity contribution is 0.0679. The molecule has 6 nitrogen and oxygen atoms in total. The molecule has 0 radical (unpaired) electrons. The fourth-order valence-electron chi connectivity index (χ4n) is 3.49. The third kappa shape index (κ3) is 4.07. The summed E-state index contributed by atoms with van der Waals surface area (Å²) in [7, 11) is 0. The number of carbonyl (C=O) groups is 2. The summed E-state index contributed by atoms with van der Waals surface area (Å²) < 4.78 is 5.39. The number of H-pyrrole nitrogens is 1. The number of fused-ring (bicyclic) bond motifs is 1. The number of nitrogens with zero attached hydrogens (tertiary/aromatic N) is 2. The highest BCUT2D eigenvalue weighted by Gasteiger charge is 2.24. The monoisotopic (exact) mass is 377 g/mol. The van der Waals surface area contributed by atoms with Gasteiger partial charge in [-0.25, -0.2) is 4.79 Å². The van der Waals surface area contributed by atoms with Crippen LogP contribution in [0.5, 0.6) is 0 Å². The lowest BCUT2D eigenvalue weighted by atomic mass is 10.1. The van der Waals surface area contributed by atoms with Gasteiger partial charge in [0.05, 0.1) is 6.54 Å². The maximum Gasteiger partial charge on any atom is 0.410 e. The lowest BCUT2D eigenvalue weighted by Gasteiger charge is -2.33. The molecule has 1 fully saturated rings. The fourth-order valence-corrected chi connectivity index (χ4v) is 3.49. The number of amides is 1. The van der Waals surface area contributed by atoms with Crippen LogP contribution in [0.1, 0.15) is 15.9 Å². The van der Waals surface area contributed by atoms with Gasteiger partial charge < -0.3 is 14.6 Å². The van der Waals surface area contributed by atoms with Gasteiger partial charge in [0.2, 0.25) is 0 Å². The van der Waals surface area contributed by atoms with Crippen LogP contribution in [0.3, 0.4) is 0 Å². The molecule has 0 spiro atoms. The summed E-state index contributed by atoms with van der Waals surface area (Å²) in [4.78, 5) is 31.9. The zero-order valence-corrected chi connectivity index (χ0v) is 15.6. The van der Waals surface area contributed by atoms with E-state index in [9.17, 15) is 9.59 Å². The molecule has 2 aromatic carbocycles. The Morgan fingerprint density at radius 2 is 1.64 bits per heavy atom. The van der Waals surface area contributed by atoms with Crippen LogP contribution < -0.4 is 0 Å². The minimum Gasteiger partial charge on any atom is -0.445 e. The van der Waals surface area contributed by atoms with E-state index in [1.165, 1.54) is 0 Å². The first-order chi connectivity index (χ1) is 13.7. The Kier molecular flexibility index (Phi) is 5.39. The molecule has 4 rings (SSSR count). The number of rotatable bonds is 5. The van der Waals surface area contributed by atoms with E-state index in [1.54, 1.807) is 11.1 Å². The second-order valence-corrected chi connectivity index (χ2v) is 6.97. The molecule has 0 bridgehead atoms. The summed E-state index contributed by atoms with van der Waals surface area (Å²) in [6.45, 7) is 3.08. The van der Waals surface area contributed by atoms with Gasteiger partial charge in [-0.15, -0.1) is 0 Å². The predicted molar refractivity (Wildman–Crippen MR) is 107 cm³/mol. The average Bonchev–Trinajstić information content (AvgIpc) is 3.18. The molecule has 0 saturated carbocycles. The van der Waals surface area contributed by atoms with Crippen LogP contribution in [0.4, 0.5) is 4.79 Å². The molecule has 144 valence electrons. The van der Waals surface area contributed by atoms with Crippen LogP contribution in [0.25, 0.3) is 10.9 Å². The summed E-state index contributed by atoms with van der Waals surface area (Å²) in [6.07, 6.45) is 1.48. The number of aromatic amines is 1. The van der Waals surface area contributed by atoms with Crippen molar-refractivity contribution >= 4 is 22.8 Å². The predicted octanol–water partition coefficient (Wildman–Crippen LogP) is 3.31. The van der Waals surface area contributed by atoms with E-state index in [2.05, 4.69) is 9.88 Å². The summed E-state index contributed by atoms with van der Waals surface area (Å²) in [5.41, 5.74) is 2.66. The molecule has 3 aromatic rings. The van der Waals surface area contributed by atoms with Gasteiger partial charge in [-0.3, -0.25) is 9.69 Å². The SMILES string of the molecule is O=C(CN1CCN(C(=O)OCc2ccccc2)CC1)c1c[nH]c2ccccc12. The molecule has 1 saturated heterocycles. The van der Waals surface area contributed by atoms with Crippen molar-refractivity contribution in [3.05, 3.63) is 71.9 Å². The number of hydrogen-bond donors (Lipinski definition) is 1. The van der Waals surface area contributed by atoms with Crippen molar-refractivity contribution in [2.24, 2.45) is 0 Å². The summed E-state index contributed by atoms with van der Waals surface area (Å²) in [6, 6.07) is 17.5. The van der Waals surface area contributed by atoms with Crippen LogP contribution in [0.15, 0.2) is 60.8 Å². The Morgan fingerprint density at radius 1 is 0.929 bits per heavy atom. The van der Waals surface area contributed by atoms with Crippen molar-refractivity contribution in [2.75, 3.05) is 32.7 Å². The second-order valence-electron chi connectivity index (χ2n) is 6.97. The minimum absolute atomic E-state index is 0.0950. The fraction of sp³-hybridized carbons (Fsp3) is 0.273. The molecule has 1 N–H and O–H groups in total. The van der Waals surface area contributed by atoms with E-state index in [0.717, 1.165) is 22.0 Å². The van der Waals surface area contributed by atoms with Crippen molar-refractivity contribution in [1.29, 1.82) is 0 Å². The van der Waals surface area contributed by atoms with Gasteiger partial charge in [-0.05, 0) is 11.6 Å². The number of ether oxygens (including phenoxy) is 1. The number of piperazine rings is 1. The Morgan fingerprint density at radius 3 is 2.43 bits per heavy atom. The molecule has 2 heterocycles. The molecule has 0 aliphatic carbocycles. The molecular weight excluding hydrogens is 354 g/mol. The van der Waals surface area contributed by atoms with E-state index in [4.69, 9.17) is 4.74 Å². The van der Waals surface area contributed by atoms with Crippen LogP contribution >= 0.6 is 0 Å². The smallest absolute Gasteiger partial charge is 0.410 e. The van der Waals surface area contributed by atoms with Gasteiger partial charge in [0, 0.05) is 48.8 Å². The molecule has 6 heteroatoms. The van der Waals surface area contributed by atoms with Gasteiger partial charge in [-0.2, -0.15) is 0 Å². The Labute approximate surface area is 163 Å². The topological polar surface area (TPSA) is 65.6 Å². The normalized spacial score (nSPS) is 14.9. The largest absolute Gasteiger partial charge is 0.445 e. The summed E-state index contributed by atoms with van der Waals surface area (Å²) in [5.74, 6) is 0.0950. The van der Waals surface area contributed by atoms with E-state index < -0.39 is 0 Å². The molecule has 28 heavy (non-hydrogen) atoms. The van der Waals surface area contributed by atoms with E-state index in [0.29, 0.717) is 32.7 Å². The molecule has 1 aliphatic rings. The number of hydrogen-bond acceptors (Lipinski definition) is 4. The molecule has 0 unspecified atom stereocenters. The van der Waals surface area contributed by atoms with Crippen molar-refractivity contribution in [2.45, 2.75) is 6.61 Å². The number of ketones is 1. The number of carbonyl (C=O) groups excluding carboxylic acids is 2. The quantitative estimate of drug-likeness (QED) is 0.693. The summed E-state index contributed by atoms with van der Waals surface area (Å²) in [5, 5.41) is 0.954. The third-order valence-electron chi connectivity index (χ3n) is 5.09. The Hall–Kier alpha value is -3.12. The maximum absolute atomic E-state index is 12.7. The van der Waals surface area contributed by atoms with Crippen molar-refractivity contribution in [3.63, 3.8) is 0 Å². The Bertz CT molecular complexity index is 959. The van der Waals surface area contributed by atoms with E-state index in [1.807, 2.05) is 54.6 Å². The van der Waals surface area contributed by atoms with Gasteiger partial charge in [0.1, 0.15) is 6.61 Å². The second kappa shape index (κ2) is 8.27. The Balaban J connectivity index is 1.27. The molecule has 1 aliphatic heterocycles. The molecule has 1 amide bonds. The number of para-hydroxylation sites is 1. The van der Waals surface area contributed by atoms with Crippen LogP contribution in [-0.4, -0.2) is 59.4 Å². The lowest BCUT2D eigenvalue weighted by Crippen LogP contribution is -2.50. The standard InChI is InChI=1S/C22H23N3O3/c26-21(19-14-23-20-9-5-4-8-18(19)20)15-24-10-12-25(13-11-24)22(27)28-16-17-6-2-1-3-7-17/h1-9,14,23H,10-13,15-16H2. The number of benzene rings is 2. The number of aromatic nitrogens is 1. The maximum atomic E-state index is 12.7. The van der Waals surface area contributed by atoms with Gasteiger partial charge >= 0.3 is 6.09 Å².